The molecule has 2 aromatic carbocycles. The Morgan fingerprint density at radius 2 is 1.75 bits per heavy atom. The maximum atomic E-state index is 12.8. The van der Waals surface area contributed by atoms with E-state index in [1.807, 2.05) is 24.0 Å². The lowest BCUT2D eigenvalue weighted by molar-refractivity contribution is 0.0677. The second-order valence-corrected chi connectivity index (χ2v) is 6.27. The first-order valence-electron chi connectivity index (χ1n) is 7.86. The van der Waals surface area contributed by atoms with Crippen molar-refractivity contribution in [2.75, 3.05) is 20.8 Å². The van der Waals surface area contributed by atoms with Crippen LogP contribution in [-0.4, -0.2) is 31.6 Å². The molecule has 24 heavy (non-hydrogen) atoms. The summed E-state index contributed by atoms with van der Waals surface area (Å²) in [7, 11) is 3.25. The first kappa shape index (κ1) is 16.7. The highest BCUT2D eigenvalue weighted by molar-refractivity contribution is 6.30. The molecule has 0 spiro atoms. The number of nitrogens with zero attached hydrogens (tertiary/aromatic N) is 1. The van der Waals surface area contributed by atoms with Gasteiger partial charge in [-0.2, -0.15) is 0 Å². The molecule has 1 heterocycles. The van der Waals surface area contributed by atoms with Crippen molar-refractivity contribution < 1.29 is 14.3 Å². The Balaban J connectivity index is 1.92. The number of ether oxygens (including phenoxy) is 2. The number of fused-ring (bicyclic) bond motifs is 1. The minimum atomic E-state index is -0.0308. The third kappa shape index (κ3) is 2.94. The van der Waals surface area contributed by atoms with Gasteiger partial charge in [0.2, 0.25) is 0 Å². The fourth-order valence-electron chi connectivity index (χ4n) is 3.18. The van der Waals surface area contributed by atoms with Crippen LogP contribution in [0.3, 0.4) is 0 Å². The van der Waals surface area contributed by atoms with E-state index >= 15 is 0 Å². The summed E-state index contributed by atoms with van der Waals surface area (Å²) in [6.07, 6.45) is 0.791. The molecule has 1 atom stereocenters. The van der Waals surface area contributed by atoms with E-state index in [9.17, 15) is 4.79 Å². The number of rotatable bonds is 3. The number of hydrogen-bond donors (Lipinski definition) is 0. The van der Waals surface area contributed by atoms with Gasteiger partial charge in [-0.25, -0.2) is 0 Å². The van der Waals surface area contributed by atoms with Crippen molar-refractivity contribution in [2.45, 2.75) is 19.4 Å². The molecule has 0 saturated carbocycles. The molecule has 0 aromatic heterocycles. The smallest absolute Gasteiger partial charge is 0.254 e. The molecule has 0 bridgehead atoms. The van der Waals surface area contributed by atoms with Crippen LogP contribution in [0, 0.1) is 0 Å². The maximum absolute atomic E-state index is 12.8. The monoisotopic (exact) mass is 345 g/mol. The number of benzene rings is 2. The van der Waals surface area contributed by atoms with Crippen LogP contribution in [0.4, 0.5) is 0 Å². The van der Waals surface area contributed by atoms with Gasteiger partial charge >= 0.3 is 0 Å². The molecule has 0 saturated heterocycles. The molecule has 0 radical (unpaired) electrons. The Hall–Kier alpha value is -2.20. The second kappa shape index (κ2) is 6.73. The Morgan fingerprint density at radius 3 is 2.38 bits per heavy atom. The molecule has 1 aliphatic heterocycles. The number of methoxy groups -OCH3 is 2. The number of halogens is 1. The van der Waals surface area contributed by atoms with Crippen LogP contribution in [0.5, 0.6) is 11.5 Å². The van der Waals surface area contributed by atoms with Crippen LogP contribution in [-0.2, 0) is 6.42 Å². The Kier molecular flexibility index (Phi) is 4.67. The lowest BCUT2D eigenvalue weighted by Crippen LogP contribution is -2.38. The van der Waals surface area contributed by atoms with E-state index in [1.54, 1.807) is 38.5 Å². The Morgan fingerprint density at radius 1 is 1.12 bits per heavy atom. The molecular weight excluding hydrogens is 326 g/mol. The first-order chi connectivity index (χ1) is 11.5. The standard InChI is InChI=1S/C19H20ClNO3/c1-12-16-11-18(24-3)17(23-2)10-14(16)8-9-21(12)19(22)13-4-6-15(20)7-5-13/h4-7,10-12H,8-9H2,1-3H3/t12-/m1/s1. The quantitative estimate of drug-likeness (QED) is 0.840. The number of hydrogen-bond acceptors (Lipinski definition) is 3. The minimum absolute atomic E-state index is 0.0135. The molecule has 0 N–H and O–H groups in total. The van der Waals surface area contributed by atoms with Crippen LogP contribution in [0.2, 0.25) is 5.02 Å². The third-order valence-corrected chi connectivity index (χ3v) is 4.79. The van der Waals surface area contributed by atoms with E-state index in [0.29, 0.717) is 22.9 Å². The van der Waals surface area contributed by atoms with E-state index in [-0.39, 0.29) is 11.9 Å². The summed E-state index contributed by atoms with van der Waals surface area (Å²) in [6.45, 7) is 2.71. The molecular formula is C19H20ClNO3. The summed E-state index contributed by atoms with van der Waals surface area (Å²) in [5, 5.41) is 0.625. The highest BCUT2D eigenvalue weighted by Gasteiger charge is 2.29. The molecule has 4 nitrogen and oxygen atoms in total. The minimum Gasteiger partial charge on any atom is -0.493 e. The zero-order chi connectivity index (χ0) is 17.3. The summed E-state index contributed by atoms with van der Waals surface area (Å²) in [5.41, 5.74) is 2.94. The highest BCUT2D eigenvalue weighted by atomic mass is 35.5. The maximum Gasteiger partial charge on any atom is 0.254 e. The van der Waals surface area contributed by atoms with Crippen LogP contribution in [0.1, 0.15) is 34.5 Å². The summed E-state index contributed by atoms with van der Waals surface area (Å²) >= 11 is 5.91. The predicted octanol–water partition coefficient (Wildman–Crippen LogP) is 4.12. The highest BCUT2D eigenvalue weighted by Crippen LogP contribution is 2.38. The van der Waals surface area contributed by atoms with E-state index in [2.05, 4.69) is 0 Å². The number of carbonyl (C=O) groups excluding carboxylic acids is 1. The van der Waals surface area contributed by atoms with Crippen LogP contribution >= 0.6 is 11.6 Å². The van der Waals surface area contributed by atoms with E-state index in [0.717, 1.165) is 17.7 Å². The van der Waals surface area contributed by atoms with Gasteiger partial charge in [-0.05, 0) is 60.9 Å². The van der Waals surface area contributed by atoms with Crippen molar-refractivity contribution in [2.24, 2.45) is 0 Å². The van der Waals surface area contributed by atoms with Gasteiger partial charge in [-0.1, -0.05) is 11.6 Å². The Labute approximate surface area is 146 Å². The molecule has 3 rings (SSSR count). The summed E-state index contributed by atoms with van der Waals surface area (Å²) < 4.78 is 10.8. The number of amides is 1. The SMILES string of the molecule is COc1cc2c(cc1OC)[C@@H](C)N(C(=O)c1ccc(Cl)cc1)CC2. The number of carbonyl (C=O) groups is 1. The van der Waals surface area contributed by atoms with Gasteiger partial charge in [0, 0.05) is 17.1 Å². The molecule has 1 amide bonds. The fourth-order valence-corrected chi connectivity index (χ4v) is 3.31. The van der Waals surface area contributed by atoms with Gasteiger partial charge < -0.3 is 14.4 Å². The van der Waals surface area contributed by atoms with Gasteiger partial charge in [0.1, 0.15) is 0 Å². The summed E-state index contributed by atoms with van der Waals surface area (Å²) in [4.78, 5) is 14.7. The molecule has 2 aromatic rings. The average molecular weight is 346 g/mol. The van der Waals surface area contributed by atoms with Gasteiger partial charge in [0.15, 0.2) is 11.5 Å². The van der Waals surface area contributed by atoms with Crippen LogP contribution in [0.25, 0.3) is 0 Å². The molecule has 0 aliphatic carbocycles. The molecule has 0 unspecified atom stereocenters. The lowest BCUT2D eigenvalue weighted by Gasteiger charge is -2.36. The fraction of sp³-hybridized carbons (Fsp3) is 0.316. The normalized spacial score (nSPS) is 16.5. The van der Waals surface area contributed by atoms with Crippen molar-refractivity contribution in [3.63, 3.8) is 0 Å². The van der Waals surface area contributed by atoms with Crippen molar-refractivity contribution >= 4 is 17.5 Å². The van der Waals surface area contributed by atoms with Crippen LogP contribution < -0.4 is 9.47 Å². The predicted molar refractivity (Wildman–Crippen MR) is 94.2 cm³/mol. The van der Waals surface area contributed by atoms with E-state index in [4.69, 9.17) is 21.1 Å². The summed E-state index contributed by atoms with van der Waals surface area (Å²) in [6, 6.07) is 11.0. The van der Waals surface area contributed by atoms with Gasteiger partial charge in [-0.15, -0.1) is 0 Å². The summed E-state index contributed by atoms with van der Waals surface area (Å²) in [5.74, 6) is 1.42. The Bertz CT molecular complexity index is 758. The zero-order valence-electron chi connectivity index (χ0n) is 14.0. The van der Waals surface area contributed by atoms with Gasteiger partial charge in [0.25, 0.3) is 5.91 Å². The largest absolute Gasteiger partial charge is 0.493 e. The topological polar surface area (TPSA) is 38.8 Å². The van der Waals surface area contributed by atoms with E-state index < -0.39 is 0 Å². The van der Waals surface area contributed by atoms with Crippen molar-refractivity contribution in [3.05, 3.63) is 58.1 Å². The molecule has 0 fully saturated rings. The zero-order valence-corrected chi connectivity index (χ0v) is 14.8. The van der Waals surface area contributed by atoms with Crippen molar-refractivity contribution in [1.82, 2.24) is 4.90 Å². The van der Waals surface area contributed by atoms with Crippen LogP contribution in [0.15, 0.2) is 36.4 Å². The molecule has 126 valence electrons. The molecule has 1 aliphatic rings. The average Bonchev–Trinajstić information content (AvgIpc) is 2.61. The lowest BCUT2D eigenvalue weighted by atomic mass is 9.92. The first-order valence-corrected chi connectivity index (χ1v) is 8.24. The van der Waals surface area contributed by atoms with Crippen molar-refractivity contribution in [1.29, 1.82) is 0 Å². The van der Waals surface area contributed by atoms with Crippen molar-refractivity contribution in [3.8, 4) is 11.5 Å². The third-order valence-electron chi connectivity index (χ3n) is 4.54. The molecule has 5 heteroatoms. The van der Waals surface area contributed by atoms with E-state index in [1.165, 1.54) is 5.56 Å². The second-order valence-electron chi connectivity index (χ2n) is 5.84. The van der Waals surface area contributed by atoms with Gasteiger partial charge in [-0.3, -0.25) is 4.79 Å². The van der Waals surface area contributed by atoms with Gasteiger partial charge in [0.05, 0.1) is 20.3 Å².